The number of hydrogen-bond acceptors (Lipinski definition) is 3. The second kappa shape index (κ2) is 4.43. The highest BCUT2D eigenvalue weighted by atomic mass is 16.2. The standard InChI is InChI=1S/C16H16N4O2/c1-11-8-16(15(22)18-11)5-7-19(10-16)14(21)12-9-17-20-6-3-2-4-13(12)20/h2-4,6,9H,1,5,7-8,10H2,(H,18,22)/i6T. The summed E-state index contributed by atoms with van der Waals surface area (Å²) < 4.78 is 9.25. The molecule has 0 aliphatic carbocycles. The summed E-state index contributed by atoms with van der Waals surface area (Å²) in [6.07, 6.45) is 2.95. The molecule has 0 saturated carbocycles. The van der Waals surface area contributed by atoms with Gasteiger partial charge < -0.3 is 10.2 Å². The van der Waals surface area contributed by atoms with Crippen molar-refractivity contribution in [3.05, 3.63) is 48.4 Å². The maximum absolute atomic E-state index is 12.8. The zero-order chi connectivity index (χ0) is 16.2. The molecule has 4 rings (SSSR count). The van der Waals surface area contributed by atoms with Gasteiger partial charge in [0.15, 0.2) is 0 Å². The summed E-state index contributed by atoms with van der Waals surface area (Å²) in [5, 5.41) is 6.88. The first-order valence-electron chi connectivity index (χ1n) is 7.72. The number of aromatic nitrogens is 2. The van der Waals surface area contributed by atoms with Gasteiger partial charge in [-0.2, -0.15) is 5.10 Å². The molecule has 6 heteroatoms. The molecule has 1 unspecified atom stereocenters. The molecule has 2 aliphatic rings. The van der Waals surface area contributed by atoms with Crippen molar-refractivity contribution in [1.82, 2.24) is 19.8 Å². The number of nitrogens with zero attached hydrogens (tertiary/aromatic N) is 3. The van der Waals surface area contributed by atoms with Crippen molar-refractivity contribution in [2.45, 2.75) is 12.8 Å². The van der Waals surface area contributed by atoms with Crippen LogP contribution in [0.15, 0.2) is 42.8 Å². The lowest BCUT2D eigenvalue weighted by Gasteiger charge is -2.20. The highest BCUT2D eigenvalue weighted by Crippen LogP contribution is 2.40. The minimum absolute atomic E-state index is 0.0360. The molecule has 2 saturated heterocycles. The second-order valence-electron chi connectivity index (χ2n) is 6.00. The molecule has 2 aromatic heterocycles. The summed E-state index contributed by atoms with van der Waals surface area (Å²) in [5.74, 6) is -0.182. The Bertz CT molecular complexity index is 859. The van der Waals surface area contributed by atoms with E-state index in [2.05, 4.69) is 17.0 Å². The number of pyridine rings is 1. The third kappa shape index (κ3) is 1.76. The van der Waals surface area contributed by atoms with Crippen LogP contribution in [0, 0.1) is 5.41 Å². The second-order valence-corrected chi connectivity index (χ2v) is 6.00. The van der Waals surface area contributed by atoms with Gasteiger partial charge in [-0.1, -0.05) is 12.6 Å². The van der Waals surface area contributed by atoms with Crippen LogP contribution in [0.4, 0.5) is 0 Å². The summed E-state index contributed by atoms with van der Waals surface area (Å²) in [5.41, 5.74) is 1.27. The first-order chi connectivity index (χ1) is 11.0. The molecule has 1 atom stereocenters. The van der Waals surface area contributed by atoms with Crippen molar-refractivity contribution in [1.29, 1.82) is 0 Å². The number of amides is 2. The van der Waals surface area contributed by atoms with Gasteiger partial charge in [0.25, 0.3) is 5.91 Å². The smallest absolute Gasteiger partial charge is 0.257 e. The molecule has 2 aromatic rings. The number of carbonyl (C=O) groups is 2. The predicted molar refractivity (Wildman–Crippen MR) is 80.0 cm³/mol. The molecule has 2 amide bonds. The van der Waals surface area contributed by atoms with E-state index < -0.39 is 5.41 Å². The number of hydrogen-bond donors (Lipinski definition) is 1. The molecule has 112 valence electrons. The summed E-state index contributed by atoms with van der Waals surface area (Å²) in [6.45, 7) is 4.76. The molecule has 1 spiro atoms. The average Bonchev–Trinajstić information content (AvgIpc) is 3.18. The van der Waals surface area contributed by atoms with E-state index in [0.29, 0.717) is 37.0 Å². The van der Waals surface area contributed by atoms with Gasteiger partial charge >= 0.3 is 0 Å². The fraction of sp³-hybridized carbons (Fsp3) is 0.312. The molecule has 0 radical (unpaired) electrons. The number of fused-ring (bicyclic) bond motifs is 1. The lowest BCUT2D eigenvalue weighted by atomic mass is 9.85. The number of rotatable bonds is 1. The summed E-state index contributed by atoms with van der Waals surface area (Å²) in [4.78, 5) is 26.7. The normalized spacial score (nSPS) is 25.1. The summed E-state index contributed by atoms with van der Waals surface area (Å²) >= 11 is 0. The van der Waals surface area contributed by atoms with E-state index in [9.17, 15) is 9.59 Å². The Labute approximate surface area is 128 Å². The first kappa shape index (κ1) is 12.0. The Morgan fingerprint density at radius 1 is 1.50 bits per heavy atom. The number of allylic oxidation sites excluding steroid dienone is 1. The van der Waals surface area contributed by atoms with Crippen molar-refractivity contribution >= 4 is 17.3 Å². The van der Waals surface area contributed by atoms with Crippen LogP contribution in [0.25, 0.3) is 5.52 Å². The number of nitrogens with one attached hydrogen (secondary N) is 1. The lowest BCUT2D eigenvalue weighted by Crippen LogP contribution is -2.36. The molecule has 4 heterocycles. The van der Waals surface area contributed by atoms with Crippen molar-refractivity contribution in [2.24, 2.45) is 5.41 Å². The van der Waals surface area contributed by atoms with Gasteiger partial charge in [0.1, 0.15) is 0 Å². The summed E-state index contributed by atoms with van der Waals surface area (Å²) in [7, 11) is 0. The Morgan fingerprint density at radius 2 is 2.36 bits per heavy atom. The molecular formula is C16H16N4O2. The van der Waals surface area contributed by atoms with Gasteiger partial charge in [0, 0.05) is 31.4 Å². The molecular weight excluding hydrogens is 280 g/mol. The Morgan fingerprint density at radius 3 is 3.14 bits per heavy atom. The van der Waals surface area contributed by atoms with E-state index in [-0.39, 0.29) is 18.0 Å². The third-order valence-corrected chi connectivity index (χ3v) is 4.55. The Kier molecular flexibility index (Phi) is 2.41. The third-order valence-electron chi connectivity index (χ3n) is 4.55. The van der Waals surface area contributed by atoms with E-state index >= 15 is 0 Å². The van der Waals surface area contributed by atoms with E-state index in [0.717, 1.165) is 5.70 Å². The Hall–Kier alpha value is -2.63. The van der Waals surface area contributed by atoms with Crippen LogP contribution < -0.4 is 5.32 Å². The van der Waals surface area contributed by atoms with Crippen molar-refractivity contribution in [2.75, 3.05) is 13.1 Å². The quantitative estimate of drug-likeness (QED) is 0.860. The molecule has 6 nitrogen and oxygen atoms in total. The zero-order valence-corrected chi connectivity index (χ0v) is 12.0. The molecule has 2 fully saturated rings. The fourth-order valence-electron chi connectivity index (χ4n) is 3.41. The van der Waals surface area contributed by atoms with Crippen LogP contribution in [-0.4, -0.2) is 39.4 Å². The van der Waals surface area contributed by atoms with E-state index in [1.54, 1.807) is 23.1 Å². The van der Waals surface area contributed by atoms with Gasteiger partial charge in [-0.25, -0.2) is 4.52 Å². The molecule has 1 N–H and O–H groups in total. The highest BCUT2D eigenvalue weighted by molar-refractivity contribution is 6.01. The SMILES string of the molecule is [3H]c1cccc2c(C(=O)N3CCC4(CC(=C)NC4=O)C3)cnn12. The van der Waals surface area contributed by atoms with Gasteiger partial charge in [0.05, 0.1) is 24.1 Å². The monoisotopic (exact) mass is 298 g/mol. The van der Waals surface area contributed by atoms with Gasteiger partial charge in [-0.15, -0.1) is 0 Å². The number of likely N-dealkylation sites (tertiary alicyclic amines) is 1. The van der Waals surface area contributed by atoms with Crippen molar-refractivity contribution in [3.8, 4) is 0 Å². The molecule has 0 aromatic carbocycles. The fourth-order valence-corrected chi connectivity index (χ4v) is 3.41. The topological polar surface area (TPSA) is 66.7 Å². The van der Waals surface area contributed by atoms with E-state index in [1.807, 2.05) is 0 Å². The minimum Gasteiger partial charge on any atom is -0.337 e. The Balaban J connectivity index is 1.64. The van der Waals surface area contributed by atoms with Gasteiger partial charge in [-0.05, 0) is 18.6 Å². The van der Waals surface area contributed by atoms with Crippen LogP contribution in [0.3, 0.4) is 0 Å². The molecule has 22 heavy (non-hydrogen) atoms. The minimum atomic E-state index is -0.531. The van der Waals surface area contributed by atoms with Crippen LogP contribution in [0.1, 0.15) is 24.6 Å². The van der Waals surface area contributed by atoms with Gasteiger partial charge in [-0.3, -0.25) is 9.59 Å². The van der Waals surface area contributed by atoms with Crippen LogP contribution >= 0.6 is 0 Å². The molecule has 2 aliphatic heterocycles. The van der Waals surface area contributed by atoms with Crippen LogP contribution in [0.2, 0.25) is 0 Å². The van der Waals surface area contributed by atoms with Crippen molar-refractivity contribution < 1.29 is 11.0 Å². The first-order valence-corrected chi connectivity index (χ1v) is 7.22. The predicted octanol–water partition coefficient (Wildman–Crippen LogP) is 1.20. The van der Waals surface area contributed by atoms with E-state index in [4.69, 9.17) is 1.37 Å². The average molecular weight is 298 g/mol. The summed E-state index contributed by atoms with van der Waals surface area (Å²) in [6, 6.07) is 5.12. The lowest BCUT2D eigenvalue weighted by molar-refractivity contribution is -0.126. The zero-order valence-electron chi connectivity index (χ0n) is 13.0. The highest BCUT2D eigenvalue weighted by Gasteiger charge is 2.50. The van der Waals surface area contributed by atoms with E-state index in [1.165, 1.54) is 10.7 Å². The van der Waals surface area contributed by atoms with Gasteiger partial charge in [0.2, 0.25) is 5.91 Å². The maximum atomic E-state index is 12.8. The van der Waals surface area contributed by atoms with Crippen molar-refractivity contribution in [3.63, 3.8) is 0 Å². The maximum Gasteiger partial charge on any atom is 0.257 e. The van der Waals surface area contributed by atoms with Crippen LogP contribution in [-0.2, 0) is 4.79 Å². The van der Waals surface area contributed by atoms with Crippen LogP contribution in [0.5, 0.6) is 0 Å². The molecule has 0 bridgehead atoms. The largest absolute Gasteiger partial charge is 0.337 e. The number of carbonyl (C=O) groups excluding carboxylic acids is 2.